The van der Waals surface area contributed by atoms with Gasteiger partial charge in [-0.05, 0) is 25.3 Å². The minimum atomic E-state index is -0.401. The average Bonchev–Trinajstić information content (AvgIpc) is 2.38. The summed E-state index contributed by atoms with van der Waals surface area (Å²) in [5, 5.41) is 0. The van der Waals surface area contributed by atoms with Crippen molar-refractivity contribution in [2.45, 2.75) is 31.2 Å². The quantitative estimate of drug-likeness (QED) is 0.779. The monoisotopic (exact) mass is 259 g/mol. The summed E-state index contributed by atoms with van der Waals surface area (Å²) in [7, 11) is 0. The maximum Gasteiger partial charge on any atom is 0.218 e. The van der Waals surface area contributed by atoms with Gasteiger partial charge in [0.05, 0.1) is 18.2 Å². The topological polar surface area (TPSA) is 31.4 Å². The van der Waals surface area contributed by atoms with E-state index in [0.29, 0.717) is 18.1 Å². The summed E-state index contributed by atoms with van der Waals surface area (Å²) in [4.78, 5) is 3.90. The minimum absolute atomic E-state index is 0.110. The molecule has 0 bridgehead atoms. The third-order valence-corrected chi connectivity index (χ3v) is 3.00. The Labute approximate surface area is 105 Å². The molecule has 17 heavy (non-hydrogen) atoms. The van der Waals surface area contributed by atoms with Crippen LogP contribution in [-0.4, -0.2) is 24.3 Å². The molecule has 94 valence electrons. The van der Waals surface area contributed by atoms with E-state index in [4.69, 9.17) is 21.1 Å². The molecule has 0 amide bonds. The summed E-state index contributed by atoms with van der Waals surface area (Å²) in [6.07, 6.45) is 4.51. The zero-order valence-corrected chi connectivity index (χ0v) is 10.3. The Hall–Kier alpha value is -0.870. The number of aromatic nitrogens is 1. The highest BCUT2D eigenvalue weighted by atomic mass is 35.5. The van der Waals surface area contributed by atoms with E-state index in [1.807, 2.05) is 0 Å². The third kappa shape index (κ3) is 3.54. The van der Waals surface area contributed by atoms with Crippen LogP contribution < -0.4 is 4.74 Å². The third-order valence-electron chi connectivity index (χ3n) is 2.72. The lowest BCUT2D eigenvalue weighted by molar-refractivity contribution is -0.0121. The maximum absolute atomic E-state index is 12.9. The van der Waals surface area contributed by atoms with Crippen molar-refractivity contribution in [3.8, 4) is 5.88 Å². The molecule has 5 heteroatoms. The van der Waals surface area contributed by atoms with Crippen LogP contribution in [-0.2, 0) is 10.6 Å². The second kappa shape index (κ2) is 6.17. The van der Waals surface area contributed by atoms with Gasteiger partial charge in [0.1, 0.15) is 12.4 Å². The van der Waals surface area contributed by atoms with Crippen LogP contribution in [0.2, 0.25) is 0 Å². The van der Waals surface area contributed by atoms with Crippen LogP contribution >= 0.6 is 11.6 Å². The molecule has 1 saturated heterocycles. The Morgan fingerprint density at radius 2 is 2.41 bits per heavy atom. The molecule has 0 spiro atoms. The van der Waals surface area contributed by atoms with Gasteiger partial charge in [-0.15, -0.1) is 11.6 Å². The first-order valence-electron chi connectivity index (χ1n) is 5.74. The van der Waals surface area contributed by atoms with Crippen molar-refractivity contribution in [2.75, 3.05) is 13.2 Å². The van der Waals surface area contributed by atoms with Crippen LogP contribution in [0.25, 0.3) is 0 Å². The Balaban J connectivity index is 1.93. The van der Waals surface area contributed by atoms with E-state index < -0.39 is 5.82 Å². The molecule has 1 aromatic rings. The van der Waals surface area contributed by atoms with Gasteiger partial charge in [0.25, 0.3) is 0 Å². The first-order chi connectivity index (χ1) is 8.29. The number of ether oxygens (including phenoxy) is 2. The number of rotatable bonds is 4. The first-order valence-corrected chi connectivity index (χ1v) is 6.28. The summed E-state index contributed by atoms with van der Waals surface area (Å²) in [5.41, 5.74) is 0.572. The standard InChI is InChI=1S/C12H15ClFNO2/c13-6-9-5-10(14)7-15-12(9)17-8-11-3-1-2-4-16-11/h5,7,11H,1-4,6,8H2. The highest BCUT2D eigenvalue weighted by molar-refractivity contribution is 6.17. The van der Waals surface area contributed by atoms with Crippen LogP contribution in [0.3, 0.4) is 0 Å². The molecule has 0 N–H and O–H groups in total. The van der Waals surface area contributed by atoms with Crippen LogP contribution in [0.4, 0.5) is 4.39 Å². The minimum Gasteiger partial charge on any atom is -0.475 e. The van der Waals surface area contributed by atoms with Gasteiger partial charge in [-0.25, -0.2) is 9.37 Å². The lowest BCUT2D eigenvalue weighted by Crippen LogP contribution is -2.26. The second-order valence-electron chi connectivity index (χ2n) is 4.05. The van der Waals surface area contributed by atoms with Gasteiger partial charge in [0, 0.05) is 12.2 Å². The molecule has 0 aliphatic carbocycles. The van der Waals surface area contributed by atoms with Crippen molar-refractivity contribution >= 4 is 11.6 Å². The molecule has 2 rings (SSSR count). The Kier molecular flexibility index (Phi) is 4.57. The van der Waals surface area contributed by atoms with Crippen molar-refractivity contribution < 1.29 is 13.9 Å². The predicted molar refractivity (Wildman–Crippen MR) is 62.8 cm³/mol. The van der Waals surface area contributed by atoms with Crippen molar-refractivity contribution in [3.05, 3.63) is 23.6 Å². The molecule has 2 heterocycles. The van der Waals surface area contributed by atoms with Gasteiger partial charge in [-0.2, -0.15) is 0 Å². The number of alkyl halides is 1. The number of pyridine rings is 1. The summed E-state index contributed by atoms with van der Waals surface area (Å²) in [5.74, 6) is 0.184. The fraction of sp³-hybridized carbons (Fsp3) is 0.583. The Bertz CT molecular complexity index is 370. The first kappa shape index (κ1) is 12.6. The fourth-order valence-electron chi connectivity index (χ4n) is 1.81. The molecule has 1 atom stereocenters. The van der Waals surface area contributed by atoms with Crippen LogP contribution in [0, 0.1) is 5.82 Å². The molecular weight excluding hydrogens is 245 g/mol. The fourth-order valence-corrected chi connectivity index (χ4v) is 2.00. The van der Waals surface area contributed by atoms with E-state index >= 15 is 0 Å². The number of hydrogen-bond acceptors (Lipinski definition) is 3. The Morgan fingerprint density at radius 1 is 1.53 bits per heavy atom. The molecule has 0 saturated carbocycles. The lowest BCUT2D eigenvalue weighted by Gasteiger charge is -2.22. The number of nitrogens with zero attached hydrogens (tertiary/aromatic N) is 1. The second-order valence-corrected chi connectivity index (χ2v) is 4.32. The molecule has 1 aromatic heterocycles. The molecule has 0 radical (unpaired) electrons. The molecule has 0 aromatic carbocycles. The molecule has 1 aliphatic rings. The molecule has 1 aliphatic heterocycles. The molecule has 1 fully saturated rings. The van der Waals surface area contributed by atoms with Gasteiger partial charge in [0.2, 0.25) is 5.88 Å². The van der Waals surface area contributed by atoms with E-state index in [1.165, 1.54) is 6.07 Å². The zero-order chi connectivity index (χ0) is 12.1. The predicted octanol–water partition coefficient (Wildman–Crippen LogP) is 2.91. The van der Waals surface area contributed by atoms with Gasteiger partial charge in [-0.3, -0.25) is 0 Å². The van der Waals surface area contributed by atoms with Gasteiger partial charge >= 0.3 is 0 Å². The normalized spacial score (nSPS) is 20.2. The van der Waals surface area contributed by atoms with Crippen LogP contribution in [0.1, 0.15) is 24.8 Å². The summed E-state index contributed by atoms with van der Waals surface area (Å²) in [6.45, 7) is 1.23. The molecular formula is C12H15ClFNO2. The van der Waals surface area contributed by atoms with Crippen molar-refractivity contribution in [1.82, 2.24) is 4.98 Å². The number of halogens is 2. The lowest BCUT2D eigenvalue weighted by atomic mass is 10.1. The Morgan fingerprint density at radius 3 is 3.12 bits per heavy atom. The van der Waals surface area contributed by atoms with Crippen molar-refractivity contribution in [2.24, 2.45) is 0 Å². The zero-order valence-electron chi connectivity index (χ0n) is 9.49. The van der Waals surface area contributed by atoms with Gasteiger partial charge in [-0.1, -0.05) is 0 Å². The summed E-state index contributed by atoms with van der Waals surface area (Å²) < 4.78 is 24.0. The summed E-state index contributed by atoms with van der Waals surface area (Å²) >= 11 is 5.71. The van der Waals surface area contributed by atoms with Crippen molar-refractivity contribution in [1.29, 1.82) is 0 Å². The number of hydrogen-bond donors (Lipinski definition) is 0. The van der Waals surface area contributed by atoms with Crippen LogP contribution in [0.15, 0.2) is 12.3 Å². The largest absolute Gasteiger partial charge is 0.475 e. The highest BCUT2D eigenvalue weighted by Gasteiger charge is 2.15. The van der Waals surface area contributed by atoms with E-state index in [-0.39, 0.29) is 12.0 Å². The van der Waals surface area contributed by atoms with Crippen molar-refractivity contribution in [3.63, 3.8) is 0 Å². The maximum atomic E-state index is 12.9. The van der Waals surface area contributed by atoms with Gasteiger partial charge in [0.15, 0.2) is 0 Å². The average molecular weight is 260 g/mol. The summed E-state index contributed by atoms with van der Waals surface area (Å²) in [6, 6.07) is 1.34. The van der Waals surface area contributed by atoms with Gasteiger partial charge < -0.3 is 9.47 Å². The van der Waals surface area contributed by atoms with E-state index in [2.05, 4.69) is 4.98 Å². The molecule has 3 nitrogen and oxygen atoms in total. The molecule has 1 unspecified atom stereocenters. The smallest absolute Gasteiger partial charge is 0.218 e. The van der Waals surface area contributed by atoms with E-state index in [9.17, 15) is 4.39 Å². The highest BCUT2D eigenvalue weighted by Crippen LogP contribution is 2.20. The SMILES string of the molecule is Fc1cnc(OCC2CCCCO2)c(CCl)c1. The van der Waals surface area contributed by atoms with Crippen LogP contribution in [0.5, 0.6) is 5.88 Å². The van der Waals surface area contributed by atoms with E-state index in [0.717, 1.165) is 32.1 Å². The van der Waals surface area contributed by atoms with E-state index in [1.54, 1.807) is 0 Å².